The average Bonchev–Trinajstić information content (AvgIpc) is 2.74. The Morgan fingerprint density at radius 3 is 2.13 bits per heavy atom. The van der Waals surface area contributed by atoms with E-state index in [0.29, 0.717) is 26.2 Å². The average molecular weight is 434 g/mol. The Bertz CT molecular complexity index is 770. The van der Waals surface area contributed by atoms with E-state index in [-0.39, 0.29) is 25.6 Å². The van der Waals surface area contributed by atoms with Crippen molar-refractivity contribution in [2.45, 2.75) is 33.0 Å². The first-order valence-corrected chi connectivity index (χ1v) is 10.1. The standard InChI is InChI=1S/C21H30N4O6/c1-21(2,3)31-20(29)25-11-9-24(10-12-25)18(27)14-22-17(26)13-23-19(28)30-15-16-7-5-4-6-8-16/h4-8H,9-15H2,1-3H3,(H,22,26)(H,23,28). The van der Waals surface area contributed by atoms with Crippen molar-refractivity contribution in [1.29, 1.82) is 0 Å². The highest BCUT2D eigenvalue weighted by molar-refractivity contribution is 5.87. The van der Waals surface area contributed by atoms with Gasteiger partial charge in [-0.15, -0.1) is 0 Å². The molecule has 0 radical (unpaired) electrons. The minimum atomic E-state index is -0.719. The Kier molecular flexibility index (Phi) is 8.65. The van der Waals surface area contributed by atoms with E-state index in [1.165, 1.54) is 0 Å². The normalized spacial score (nSPS) is 13.9. The number of benzene rings is 1. The van der Waals surface area contributed by atoms with Gasteiger partial charge in [-0.2, -0.15) is 0 Å². The third-order valence-corrected chi connectivity index (χ3v) is 4.33. The fourth-order valence-corrected chi connectivity index (χ4v) is 2.74. The number of hydrogen-bond donors (Lipinski definition) is 2. The quantitative estimate of drug-likeness (QED) is 0.693. The zero-order valence-electron chi connectivity index (χ0n) is 18.2. The summed E-state index contributed by atoms with van der Waals surface area (Å²) in [5.41, 5.74) is 0.260. The maximum absolute atomic E-state index is 12.3. The summed E-state index contributed by atoms with van der Waals surface area (Å²) in [6, 6.07) is 9.16. The molecule has 1 heterocycles. The van der Waals surface area contributed by atoms with Gasteiger partial charge in [0.25, 0.3) is 0 Å². The van der Waals surface area contributed by atoms with E-state index in [0.717, 1.165) is 5.56 Å². The lowest BCUT2D eigenvalue weighted by atomic mass is 10.2. The van der Waals surface area contributed by atoms with Gasteiger partial charge in [-0.25, -0.2) is 9.59 Å². The van der Waals surface area contributed by atoms with Crippen molar-refractivity contribution in [2.75, 3.05) is 39.3 Å². The molecule has 0 saturated carbocycles. The third kappa shape index (κ3) is 8.93. The molecule has 4 amide bonds. The van der Waals surface area contributed by atoms with Gasteiger partial charge in [-0.1, -0.05) is 30.3 Å². The van der Waals surface area contributed by atoms with Crippen LogP contribution in [0.1, 0.15) is 26.3 Å². The highest BCUT2D eigenvalue weighted by atomic mass is 16.6. The van der Waals surface area contributed by atoms with Gasteiger partial charge in [0, 0.05) is 26.2 Å². The fraction of sp³-hybridized carbons (Fsp3) is 0.524. The predicted octanol–water partition coefficient (Wildman–Crippen LogP) is 1.11. The molecule has 1 aromatic rings. The summed E-state index contributed by atoms with van der Waals surface area (Å²) >= 11 is 0. The van der Waals surface area contributed by atoms with Crippen LogP contribution < -0.4 is 10.6 Å². The monoisotopic (exact) mass is 434 g/mol. The number of nitrogens with zero attached hydrogens (tertiary/aromatic N) is 2. The van der Waals surface area contributed by atoms with Crippen LogP contribution in [-0.2, 0) is 25.7 Å². The van der Waals surface area contributed by atoms with E-state index >= 15 is 0 Å². The van der Waals surface area contributed by atoms with Crippen LogP contribution in [0, 0.1) is 0 Å². The SMILES string of the molecule is CC(C)(C)OC(=O)N1CCN(C(=O)CNC(=O)CNC(=O)OCc2ccccc2)CC1. The Hall–Kier alpha value is -3.30. The van der Waals surface area contributed by atoms with Crippen LogP contribution >= 0.6 is 0 Å². The van der Waals surface area contributed by atoms with E-state index in [2.05, 4.69) is 10.6 Å². The van der Waals surface area contributed by atoms with Gasteiger partial charge >= 0.3 is 12.2 Å². The Labute approximate surface area is 181 Å². The number of piperazine rings is 1. The van der Waals surface area contributed by atoms with Crippen LogP contribution in [0.15, 0.2) is 30.3 Å². The van der Waals surface area contributed by atoms with Crippen molar-refractivity contribution in [3.8, 4) is 0 Å². The summed E-state index contributed by atoms with van der Waals surface area (Å²) in [4.78, 5) is 51.0. The number of hydrogen-bond acceptors (Lipinski definition) is 6. The zero-order chi connectivity index (χ0) is 22.9. The summed E-state index contributed by atoms with van der Waals surface area (Å²) in [6.07, 6.45) is -1.12. The van der Waals surface area contributed by atoms with Crippen LogP contribution in [-0.4, -0.2) is 78.7 Å². The van der Waals surface area contributed by atoms with E-state index < -0.39 is 23.7 Å². The molecule has 1 fully saturated rings. The summed E-state index contributed by atoms with van der Waals surface area (Å²) in [5, 5.41) is 4.80. The molecule has 10 heteroatoms. The van der Waals surface area contributed by atoms with Gasteiger partial charge in [0.05, 0.1) is 6.54 Å². The van der Waals surface area contributed by atoms with E-state index in [9.17, 15) is 19.2 Å². The molecule has 1 aromatic carbocycles. The van der Waals surface area contributed by atoms with Crippen LogP contribution in [0.5, 0.6) is 0 Å². The van der Waals surface area contributed by atoms with E-state index in [1.54, 1.807) is 30.6 Å². The minimum absolute atomic E-state index is 0.0993. The second-order valence-electron chi connectivity index (χ2n) is 8.04. The maximum atomic E-state index is 12.3. The van der Waals surface area contributed by atoms with Crippen LogP contribution in [0.2, 0.25) is 0 Å². The number of amides is 4. The molecule has 0 bridgehead atoms. The van der Waals surface area contributed by atoms with Crippen molar-refractivity contribution in [1.82, 2.24) is 20.4 Å². The van der Waals surface area contributed by atoms with Crippen molar-refractivity contribution in [2.24, 2.45) is 0 Å². The first kappa shape index (κ1) is 24.0. The molecule has 0 spiro atoms. The van der Waals surface area contributed by atoms with Gasteiger partial charge in [-0.3, -0.25) is 9.59 Å². The van der Waals surface area contributed by atoms with E-state index in [1.807, 2.05) is 30.3 Å². The highest BCUT2D eigenvalue weighted by Crippen LogP contribution is 2.11. The van der Waals surface area contributed by atoms with Crippen molar-refractivity contribution < 1.29 is 28.7 Å². The second-order valence-corrected chi connectivity index (χ2v) is 8.04. The minimum Gasteiger partial charge on any atom is -0.445 e. The lowest BCUT2D eigenvalue weighted by molar-refractivity contribution is -0.134. The first-order chi connectivity index (χ1) is 14.6. The molecular formula is C21H30N4O6. The third-order valence-electron chi connectivity index (χ3n) is 4.33. The summed E-state index contributed by atoms with van der Waals surface area (Å²) in [5.74, 6) is -0.763. The Morgan fingerprint density at radius 1 is 0.903 bits per heavy atom. The van der Waals surface area contributed by atoms with Crippen LogP contribution in [0.3, 0.4) is 0 Å². The number of carbonyl (C=O) groups is 4. The zero-order valence-corrected chi connectivity index (χ0v) is 18.2. The van der Waals surface area contributed by atoms with Gasteiger partial charge in [0.1, 0.15) is 18.8 Å². The van der Waals surface area contributed by atoms with Crippen LogP contribution in [0.4, 0.5) is 9.59 Å². The van der Waals surface area contributed by atoms with Gasteiger partial charge in [0.15, 0.2) is 0 Å². The fourth-order valence-electron chi connectivity index (χ4n) is 2.74. The predicted molar refractivity (Wildman–Crippen MR) is 112 cm³/mol. The van der Waals surface area contributed by atoms with Gasteiger partial charge in [0.2, 0.25) is 11.8 Å². The smallest absolute Gasteiger partial charge is 0.410 e. The highest BCUT2D eigenvalue weighted by Gasteiger charge is 2.27. The van der Waals surface area contributed by atoms with Crippen LogP contribution in [0.25, 0.3) is 0 Å². The lowest BCUT2D eigenvalue weighted by Gasteiger charge is -2.35. The van der Waals surface area contributed by atoms with Gasteiger partial charge < -0.3 is 29.9 Å². The Balaban J connectivity index is 1.61. The molecule has 10 nitrogen and oxygen atoms in total. The second kappa shape index (κ2) is 11.2. The molecule has 2 N–H and O–H groups in total. The molecule has 1 aliphatic rings. The Morgan fingerprint density at radius 2 is 1.52 bits per heavy atom. The number of nitrogens with one attached hydrogen (secondary N) is 2. The number of carbonyl (C=O) groups excluding carboxylic acids is 4. The first-order valence-electron chi connectivity index (χ1n) is 10.1. The van der Waals surface area contributed by atoms with Crippen molar-refractivity contribution >= 4 is 24.0 Å². The molecule has 2 rings (SSSR count). The molecule has 1 saturated heterocycles. The number of alkyl carbamates (subject to hydrolysis) is 1. The summed E-state index contributed by atoms with van der Waals surface area (Å²) < 4.78 is 10.3. The molecule has 0 unspecified atom stereocenters. The largest absolute Gasteiger partial charge is 0.445 e. The summed E-state index contributed by atoms with van der Waals surface area (Å²) in [6.45, 7) is 6.45. The molecule has 0 aromatic heterocycles. The maximum Gasteiger partial charge on any atom is 0.410 e. The molecule has 170 valence electrons. The topological polar surface area (TPSA) is 117 Å². The molecule has 0 aliphatic carbocycles. The van der Waals surface area contributed by atoms with Crippen molar-refractivity contribution in [3.05, 3.63) is 35.9 Å². The van der Waals surface area contributed by atoms with Gasteiger partial charge in [-0.05, 0) is 26.3 Å². The molecular weight excluding hydrogens is 404 g/mol. The molecule has 31 heavy (non-hydrogen) atoms. The van der Waals surface area contributed by atoms with E-state index in [4.69, 9.17) is 9.47 Å². The van der Waals surface area contributed by atoms with Crippen molar-refractivity contribution in [3.63, 3.8) is 0 Å². The molecule has 1 aliphatic heterocycles. The molecule has 0 atom stereocenters. The summed E-state index contributed by atoms with van der Waals surface area (Å²) in [7, 11) is 0. The lowest BCUT2D eigenvalue weighted by Crippen LogP contribution is -2.53. The number of rotatable bonds is 6. The number of ether oxygens (including phenoxy) is 2.